The van der Waals surface area contributed by atoms with Gasteiger partial charge in [0.05, 0.1) is 0 Å². The molecular formula is C3H12S2. The summed E-state index contributed by atoms with van der Waals surface area (Å²) in [6, 6.07) is 0. The summed E-state index contributed by atoms with van der Waals surface area (Å²) in [5, 5.41) is 0. The molecule has 0 spiro atoms. The van der Waals surface area contributed by atoms with Crippen LogP contribution in [0.1, 0.15) is 15.3 Å². The quantitative estimate of drug-likeness (QED) is 0.434. The van der Waals surface area contributed by atoms with E-state index < -0.39 is 0 Å². The van der Waals surface area contributed by atoms with Gasteiger partial charge in [0.1, 0.15) is 0 Å². The highest BCUT2D eigenvalue weighted by Crippen LogP contribution is 1.14. The van der Waals surface area contributed by atoms with Crippen molar-refractivity contribution in [3.8, 4) is 0 Å². The molecule has 0 amide bonds. The van der Waals surface area contributed by atoms with Crippen molar-refractivity contribution in [1.82, 2.24) is 0 Å². The molecule has 0 aromatic heterocycles. The van der Waals surface area contributed by atoms with E-state index in [0.29, 0.717) is 0 Å². The molecule has 0 atom stereocenters. The Morgan fingerprint density at radius 2 is 1.40 bits per heavy atom. The molecule has 0 heterocycles. The Morgan fingerprint density at radius 1 is 1.40 bits per heavy atom. The molecule has 0 saturated heterocycles. The lowest BCUT2D eigenvalue weighted by molar-refractivity contribution is 1.50. The summed E-state index contributed by atoms with van der Waals surface area (Å²) >= 11 is 3.83. The zero-order chi connectivity index (χ0) is 4.00. The largest absolute Gasteiger partial charge is 0.197 e. The van der Waals surface area contributed by atoms with Crippen LogP contribution in [-0.2, 0) is 0 Å². The van der Waals surface area contributed by atoms with Crippen molar-refractivity contribution in [2.24, 2.45) is 0 Å². The number of thiocarbonyl (C=S) groups is 1. The molecule has 36 valence electrons. The molecule has 2 heteroatoms. The van der Waals surface area contributed by atoms with Crippen LogP contribution in [-0.4, -0.2) is 5.87 Å². The maximum Gasteiger partial charge on any atom is 0 e. The van der Waals surface area contributed by atoms with Crippen LogP contribution in [0.15, 0.2) is 0 Å². The first kappa shape index (κ1) is 18.0. The van der Waals surface area contributed by atoms with Crippen molar-refractivity contribution in [1.29, 1.82) is 0 Å². The highest BCUT2D eigenvalue weighted by molar-refractivity contribution is 7.77. The van der Waals surface area contributed by atoms with Gasteiger partial charge >= 0.3 is 0 Å². The molecule has 0 aromatic carbocycles. The summed E-state index contributed by atoms with van der Waals surface area (Å²) in [4.78, 5) is 0. The fraction of sp³-hybridized carbons (Fsp3) is 0.667. The van der Waals surface area contributed by atoms with E-state index in [1.165, 1.54) is 0 Å². The molecule has 0 rings (SSSR count). The normalized spacial score (nSPS) is 2.00. The third kappa shape index (κ3) is 137. The van der Waals surface area contributed by atoms with E-state index in [0.717, 1.165) is 0 Å². The number of hydrogen-bond donors (Lipinski definition) is 0. The molecule has 0 N–H and O–H groups in total. The number of rotatable bonds is 0. The van der Waals surface area contributed by atoms with E-state index in [2.05, 4.69) is 18.1 Å². The lowest BCUT2D eigenvalue weighted by atomic mass is 11.0. The Bertz CT molecular complexity index is 8.75. The molecule has 0 aliphatic carbocycles. The average Bonchev–Trinajstić information content (AvgIpc) is 1.50. The Morgan fingerprint density at radius 3 is 1.40 bits per heavy atom. The minimum absolute atomic E-state index is 0. The molecule has 0 aliphatic rings. The second kappa shape index (κ2) is 271. The minimum atomic E-state index is 0. The van der Waals surface area contributed by atoms with Gasteiger partial charge in [0, 0.05) is 1.43 Å². The summed E-state index contributed by atoms with van der Waals surface area (Å²) in [7, 11) is 0. The highest BCUT2D eigenvalue weighted by atomic mass is 32.1. The summed E-state index contributed by atoms with van der Waals surface area (Å²) < 4.78 is 0. The van der Waals surface area contributed by atoms with Gasteiger partial charge in [-0.15, -0.1) is 0 Å². The van der Waals surface area contributed by atoms with Crippen LogP contribution in [0, 0.1) is 0 Å². The molecule has 0 unspecified atom stereocenters. The summed E-state index contributed by atoms with van der Waals surface area (Å²) in [6.45, 7) is 4.00. The Hall–Kier alpha value is 0.440. The maximum absolute atomic E-state index is 3.83. The molecule has 0 saturated carbocycles. The second-order valence-electron chi connectivity index (χ2n) is 0. The average molecular weight is 114 g/mol. The molecule has 5 heavy (non-hydrogen) atoms. The van der Waals surface area contributed by atoms with E-state index in [1.54, 1.807) is 0 Å². The Kier molecular flexibility index (Phi) is 978. The van der Waals surface area contributed by atoms with Gasteiger partial charge in [-0.3, -0.25) is 0 Å². The second-order valence-corrected chi connectivity index (χ2v) is 0. The van der Waals surface area contributed by atoms with Crippen molar-refractivity contribution in [3.05, 3.63) is 0 Å². The fourth-order valence-electron chi connectivity index (χ4n) is 0. The van der Waals surface area contributed by atoms with Crippen LogP contribution in [0.5, 0.6) is 0 Å². The zero-order valence-electron chi connectivity index (χ0n) is 3.62. The van der Waals surface area contributed by atoms with Crippen LogP contribution in [0.25, 0.3) is 0 Å². The van der Waals surface area contributed by atoms with E-state index in [4.69, 9.17) is 0 Å². The maximum atomic E-state index is 3.83. The third-order valence-corrected chi connectivity index (χ3v) is 0. The fourth-order valence-corrected chi connectivity index (χ4v) is 0. The van der Waals surface area contributed by atoms with E-state index in [-0.39, 0.29) is 14.9 Å². The molecule has 0 aliphatic heterocycles. The Balaban J connectivity index is -0.00000000500. The molecule has 0 radical (unpaired) electrons. The van der Waals surface area contributed by atoms with Crippen molar-refractivity contribution in [3.63, 3.8) is 0 Å². The van der Waals surface area contributed by atoms with Gasteiger partial charge < -0.3 is 0 Å². The van der Waals surface area contributed by atoms with Crippen molar-refractivity contribution >= 4 is 31.6 Å². The molecule has 0 bridgehead atoms. The van der Waals surface area contributed by atoms with Crippen molar-refractivity contribution < 1.29 is 1.43 Å². The topological polar surface area (TPSA) is 0 Å². The molecule has 0 aromatic rings. The zero-order valence-corrected chi connectivity index (χ0v) is 5.43. The van der Waals surface area contributed by atoms with Gasteiger partial charge in [-0.05, 0) is 5.87 Å². The smallest absolute Gasteiger partial charge is 0 e. The van der Waals surface area contributed by atoms with Crippen LogP contribution < -0.4 is 0 Å². The lowest BCUT2D eigenvalue weighted by Crippen LogP contribution is -0.856. The Labute approximate surface area is 47.5 Å². The summed E-state index contributed by atoms with van der Waals surface area (Å²) in [5.74, 6) is 2.83. The summed E-state index contributed by atoms with van der Waals surface area (Å²) in [6.07, 6.45) is 0. The standard InChI is InChI=1S/C2H6.CH2S.H2S.H2/c2*1-2;;/h1-2H3;1H2;1H2;1H/i;;;1+2. The van der Waals surface area contributed by atoms with Gasteiger partial charge in [-0.1, -0.05) is 26.1 Å². The van der Waals surface area contributed by atoms with Crippen molar-refractivity contribution in [2.45, 2.75) is 13.8 Å². The van der Waals surface area contributed by atoms with Crippen LogP contribution in [0.2, 0.25) is 0 Å². The van der Waals surface area contributed by atoms with Crippen LogP contribution >= 0.6 is 25.7 Å². The molecule has 0 nitrogen and oxygen atoms in total. The monoisotopic (exact) mass is 114 g/mol. The van der Waals surface area contributed by atoms with Gasteiger partial charge in [0.15, 0.2) is 0 Å². The van der Waals surface area contributed by atoms with Gasteiger partial charge in [-0.25, -0.2) is 0 Å². The summed E-state index contributed by atoms with van der Waals surface area (Å²) in [5.41, 5.74) is 0. The molecular weight excluding hydrogens is 100 g/mol. The molecule has 0 fully saturated rings. The third-order valence-electron chi connectivity index (χ3n) is 0. The van der Waals surface area contributed by atoms with Crippen molar-refractivity contribution in [2.75, 3.05) is 0 Å². The van der Waals surface area contributed by atoms with E-state index >= 15 is 0 Å². The highest BCUT2D eigenvalue weighted by Gasteiger charge is 0.932. The van der Waals surface area contributed by atoms with E-state index in [1.807, 2.05) is 13.8 Å². The predicted octanol–water partition coefficient (Wildman–Crippen LogP) is 2.00. The van der Waals surface area contributed by atoms with Crippen LogP contribution in [0.4, 0.5) is 0 Å². The predicted molar refractivity (Wildman–Crippen MR) is 38.6 cm³/mol. The lowest BCUT2D eigenvalue weighted by Gasteiger charge is -1.07. The number of hydrogen-bond acceptors (Lipinski definition) is 1. The first-order chi connectivity index (χ1) is 2.00. The minimum Gasteiger partial charge on any atom is -0.197 e. The van der Waals surface area contributed by atoms with Gasteiger partial charge in [0.25, 0.3) is 0 Å². The van der Waals surface area contributed by atoms with E-state index in [9.17, 15) is 0 Å². The SMILES string of the molecule is C=S.CC.S.[3HH]. The van der Waals surface area contributed by atoms with Gasteiger partial charge in [-0.2, -0.15) is 13.5 Å². The first-order valence-electron chi connectivity index (χ1n) is 1.29. The van der Waals surface area contributed by atoms with Gasteiger partial charge in [0.2, 0.25) is 0 Å². The first-order valence-corrected chi connectivity index (χ1v) is 1.87. The van der Waals surface area contributed by atoms with Crippen LogP contribution in [0.3, 0.4) is 0 Å².